The number of nitro benzene ring substituents is 1. The number of nitrogens with one attached hydrogen (secondary N) is 1. The van der Waals surface area contributed by atoms with Gasteiger partial charge in [0.25, 0.3) is 11.6 Å². The van der Waals surface area contributed by atoms with E-state index < -0.39 is 16.6 Å². The molecule has 130 valence electrons. The van der Waals surface area contributed by atoms with E-state index in [9.17, 15) is 20.0 Å². The quantitative estimate of drug-likeness (QED) is 0.488. The number of para-hydroxylation sites is 1. The second kappa shape index (κ2) is 7.91. The summed E-state index contributed by atoms with van der Waals surface area (Å²) in [5, 5.41) is 25.9. The largest absolute Gasteiger partial charge is 0.872 e. The molecule has 0 fully saturated rings. The standard InChI is InChI=1S/C17H17N3O5/c1-11-4-3-5-12(2)17(11)25-10-16(22)19-18-9-13-8-14(20(23)24)6-7-15(13)21/h3-9,21H,10H2,1-2H3,(H,19,22)/p-1/b18-9-. The van der Waals surface area contributed by atoms with E-state index in [0.29, 0.717) is 5.75 Å². The molecule has 1 amide bonds. The van der Waals surface area contributed by atoms with Crippen LogP contribution in [0.2, 0.25) is 0 Å². The number of hydrazone groups is 1. The van der Waals surface area contributed by atoms with Gasteiger partial charge in [-0.3, -0.25) is 14.9 Å². The van der Waals surface area contributed by atoms with Gasteiger partial charge in [-0.1, -0.05) is 30.0 Å². The summed E-state index contributed by atoms with van der Waals surface area (Å²) in [5.41, 5.74) is 3.80. The molecule has 0 heterocycles. The van der Waals surface area contributed by atoms with Gasteiger partial charge in [-0.2, -0.15) is 5.10 Å². The van der Waals surface area contributed by atoms with Crippen molar-refractivity contribution < 1.29 is 19.6 Å². The van der Waals surface area contributed by atoms with Gasteiger partial charge < -0.3 is 9.84 Å². The first-order valence-electron chi connectivity index (χ1n) is 7.35. The molecule has 0 aromatic heterocycles. The molecule has 8 nitrogen and oxygen atoms in total. The molecule has 2 aromatic rings. The highest BCUT2D eigenvalue weighted by atomic mass is 16.6. The molecular weight excluding hydrogens is 326 g/mol. The van der Waals surface area contributed by atoms with Gasteiger partial charge in [0.05, 0.1) is 11.1 Å². The fourth-order valence-corrected chi connectivity index (χ4v) is 2.12. The lowest BCUT2D eigenvalue weighted by molar-refractivity contribution is -0.385. The molecule has 0 bridgehead atoms. The van der Waals surface area contributed by atoms with E-state index in [4.69, 9.17) is 4.74 Å². The fraction of sp³-hybridized carbons (Fsp3) is 0.176. The Morgan fingerprint density at radius 3 is 2.60 bits per heavy atom. The lowest BCUT2D eigenvalue weighted by Gasteiger charge is -2.11. The summed E-state index contributed by atoms with van der Waals surface area (Å²) in [6.45, 7) is 3.50. The minimum absolute atomic E-state index is 0.00478. The summed E-state index contributed by atoms with van der Waals surface area (Å²) in [7, 11) is 0. The van der Waals surface area contributed by atoms with Crippen molar-refractivity contribution in [2.75, 3.05) is 6.61 Å². The number of rotatable bonds is 6. The van der Waals surface area contributed by atoms with Gasteiger partial charge in [0.1, 0.15) is 5.75 Å². The van der Waals surface area contributed by atoms with Crippen molar-refractivity contribution in [2.24, 2.45) is 5.10 Å². The Kier molecular flexibility index (Phi) is 5.67. The van der Waals surface area contributed by atoms with E-state index in [1.807, 2.05) is 32.0 Å². The summed E-state index contributed by atoms with van der Waals surface area (Å²) in [6.07, 6.45) is 1.06. The summed E-state index contributed by atoms with van der Waals surface area (Å²) in [4.78, 5) is 21.8. The zero-order valence-electron chi connectivity index (χ0n) is 13.7. The van der Waals surface area contributed by atoms with Crippen LogP contribution in [0, 0.1) is 24.0 Å². The normalized spacial score (nSPS) is 10.6. The van der Waals surface area contributed by atoms with Gasteiger partial charge in [0, 0.05) is 12.1 Å². The second-order valence-corrected chi connectivity index (χ2v) is 5.28. The van der Waals surface area contributed by atoms with Crippen LogP contribution in [-0.4, -0.2) is 23.7 Å². The number of non-ortho nitro benzene ring substituents is 1. The van der Waals surface area contributed by atoms with Gasteiger partial charge in [-0.15, -0.1) is 0 Å². The first kappa shape index (κ1) is 17.9. The maximum atomic E-state index is 11.8. The molecule has 2 aromatic carbocycles. The van der Waals surface area contributed by atoms with Crippen LogP contribution in [0.3, 0.4) is 0 Å². The van der Waals surface area contributed by atoms with Crippen LogP contribution in [0.1, 0.15) is 16.7 Å². The molecule has 0 aliphatic rings. The Morgan fingerprint density at radius 2 is 1.96 bits per heavy atom. The van der Waals surface area contributed by atoms with Crippen LogP contribution in [-0.2, 0) is 4.79 Å². The first-order chi connectivity index (χ1) is 11.9. The number of nitrogens with zero attached hydrogens (tertiary/aromatic N) is 2. The van der Waals surface area contributed by atoms with Crippen LogP contribution < -0.4 is 15.3 Å². The van der Waals surface area contributed by atoms with Gasteiger partial charge in [-0.25, -0.2) is 5.43 Å². The van der Waals surface area contributed by atoms with Crippen molar-refractivity contribution in [1.82, 2.24) is 5.43 Å². The number of hydrogen-bond donors (Lipinski definition) is 1. The number of hydrogen-bond acceptors (Lipinski definition) is 6. The zero-order valence-corrected chi connectivity index (χ0v) is 13.7. The Hall–Kier alpha value is -3.42. The molecular formula is C17H16N3O5-. The minimum atomic E-state index is -0.617. The topological polar surface area (TPSA) is 117 Å². The summed E-state index contributed by atoms with van der Waals surface area (Å²) in [5.74, 6) is -0.325. The Bertz CT molecular complexity index is 813. The molecule has 0 saturated heterocycles. The molecule has 0 atom stereocenters. The minimum Gasteiger partial charge on any atom is -0.872 e. The fourth-order valence-electron chi connectivity index (χ4n) is 2.12. The third-order valence-electron chi connectivity index (χ3n) is 3.35. The van der Waals surface area contributed by atoms with Gasteiger partial charge in [0.2, 0.25) is 0 Å². The molecule has 1 N–H and O–H groups in total. The lowest BCUT2D eigenvalue weighted by atomic mass is 10.1. The average Bonchev–Trinajstić information content (AvgIpc) is 2.56. The van der Waals surface area contributed by atoms with E-state index in [1.54, 1.807) is 0 Å². The maximum absolute atomic E-state index is 11.8. The van der Waals surface area contributed by atoms with Crippen LogP contribution in [0.5, 0.6) is 11.5 Å². The Labute approximate surface area is 143 Å². The molecule has 0 spiro atoms. The number of carbonyl (C=O) groups excluding carboxylic acids is 1. The van der Waals surface area contributed by atoms with Crippen molar-refractivity contribution in [3.63, 3.8) is 0 Å². The van der Waals surface area contributed by atoms with Crippen LogP contribution in [0.15, 0.2) is 41.5 Å². The van der Waals surface area contributed by atoms with Crippen LogP contribution >= 0.6 is 0 Å². The second-order valence-electron chi connectivity index (χ2n) is 5.28. The lowest BCUT2D eigenvalue weighted by Crippen LogP contribution is -2.25. The van der Waals surface area contributed by atoms with Crippen molar-refractivity contribution in [2.45, 2.75) is 13.8 Å². The molecule has 0 saturated carbocycles. The molecule has 0 aliphatic heterocycles. The first-order valence-corrected chi connectivity index (χ1v) is 7.35. The van der Waals surface area contributed by atoms with E-state index in [1.165, 1.54) is 0 Å². The van der Waals surface area contributed by atoms with Gasteiger partial charge in [0.15, 0.2) is 6.61 Å². The number of benzene rings is 2. The van der Waals surface area contributed by atoms with Crippen molar-refractivity contribution >= 4 is 17.8 Å². The monoisotopic (exact) mass is 342 g/mol. The SMILES string of the molecule is Cc1cccc(C)c1OCC(=O)N/N=C\c1cc([N+](=O)[O-])ccc1[O-]. The van der Waals surface area contributed by atoms with Crippen LogP contribution in [0.25, 0.3) is 0 Å². The molecule has 0 aliphatic carbocycles. The molecule has 0 unspecified atom stereocenters. The highest BCUT2D eigenvalue weighted by Crippen LogP contribution is 2.22. The Morgan fingerprint density at radius 1 is 1.28 bits per heavy atom. The van der Waals surface area contributed by atoms with E-state index >= 15 is 0 Å². The molecule has 8 heteroatoms. The molecule has 25 heavy (non-hydrogen) atoms. The third kappa shape index (κ3) is 4.77. The summed E-state index contributed by atoms with van der Waals surface area (Å²) in [6, 6.07) is 8.90. The predicted molar refractivity (Wildman–Crippen MR) is 89.7 cm³/mol. The van der Waals surface area contributed by atoms with Crippen molar-refractivity contribution in [3.05, 3.63) is 63.2 Å². The molecule has 0 radical (unpaired) electrons. The smallest absolute Gasteiger partial charge is 0.277 e. The summed E-state index contributed by atoms with van der Waals surface area (Å²) < 4.78 is 5.47. The number of aryl methyl sites for hydroxylation is 2. The Balaban J connectivity index is 1.95. The number of ether oxygens (including phenoxy) is 1. The van der Waals surface area contributed by atoms with Gasteiger partial charge >= 0.3 is 0 Å². The highest BCUT2D eigenvalue weighted by Gasteiger charge is 2.07. The zero-order chi connectivity index (χ0) is 18.4. The maximum Gasteiger partial charge on any atom is 0.277 e. The molecule has 2 rings (SSSR count). The van der Waals surface area contributed by atoms with Crippen molar-refractivity contribution in [3.8, 4) is 11.5 Å². The highest BCUT2D eigenvalue weighted by molar-refractivity contribution is 5.86. The van der Waals surface area contributed by atoms with E-state index in [0.717, 1.165) is 35.5 Å². The van der Waals surface area contributed by atoms with Crippen LogP contribution in [0.4, 0.5) is 5.69 Å². The number of nitro groups is 1. The number of amides is 1. The van der Waals surface area contributed by atoms with Gasteiger partial charge in [-0.05, 0) is 30.5 Å². The predicted octanol–water partition coefficient (Wildman–Crippen LogP) is 1.81. The van der Waals surface area contributed by atoms with E-state index in [2.05, 4.69) is 10.5 Å². The van der Waals surface area contributed by atoms with E-state index in [-0.39, 0.29) is 17.9 Å². The average molecular weight is 342 g/mol. The number of carbonyl (C=O) groups is 1. The third-order valence-corrected chi connectivity index (χ3v) is 3.35. The van der Waals surface area contributed by atoms with Crippen molar-refractivity contribution in [1.29, 1.82) is 0 Å². The summed E-state index contributed by atoms with van der Waals surface area (Å²) >= 11 is 0.